The average molecular weight is 211 g/mol. The highest BCUT2D eigenvalue weighted by atomic mass is 19.1. The highest BCUT2D eigenvalue weighted by molar-refractivity contribution is 5.28. The van der Waals surface area contributed by atoms with Crippen LogP contribution in [0.3, 0.4) is 0 Å². The molecule has 1 aliphatic rings. The number of halogens is 1. The Bertz CT molecular complexity index is 341. The zero-order valence-electron chi connectivity index (χ0n) is 8.66. The molecule has 0 spiro atoms. The Balaban J connectivity index is 2.01. The van der Waals surface area contributed by atoms with E-state index in [1.54, 1.807) is 0 Å². The lowest BCUT2D eigenvalue weighted by Crippen LogP contribution is -2.07. The molecular formula is C10H14FN3O. The zero-order valence-corrected chi connectivity index (χ0v) is 8.66. The largest absolute Gasteiger partial charge is 0.475 e. The van der Waals surface area contributed by atoms with Crippen LogP contribution >= 0.6 is 0 Å². The minimum atomic E-state index is -0.502. The maximum Gasteiger partial charge on any atom is 0.255 e. The first-order valence-corrected chi connectivity index (χ1v) is 5.18. The van der Waals surface area contributed by atoms with Gasteiger partial charge in [0, 0.05) is 6.54 Å². The molecule has 1 aromatic rings. The van der Waals surface area contributed by atoms with E-state index in [0.717, 1.165) is 6.20 Å². The molecule has 0 saturated heterocycles. The third-order valence-electron chi connectivity index (χ3n) is 2.20. The summed E-state index contributed by atoms with van der Waals surface area (Å²) in [7, 11) is 0. The van der Waals surface area contributed by atoms with Crippen LogP contribution in [-0.4, -0.2) is 23.1 Å². The molecule has 4 nitrogen and oxygen atoms in total. The van der Waals surface area contributed by atoms with Crippen molar-refractivity contribution in [2.45, 2.75) is 19.8 Å². The monoisotopic (exact) mass is 211 g/mol. The maximum atomic E-state index is 13.2. The lowest BCUT2D eigenvalue weighted by atomic mass is 10.5. The highest BCUT2D eigenvalue weighted by Gasteiger charge is 2.23. The van der Waals surface area contributed by atoms with Crippen molar-refractivity contribution >= 4 is 5.95 Å². The SMILES string of the molecule is CCNc1ncc(F)c(OCC2CC2)n1. The van der Waals surface area contributed by atoms with Crippen molar-refractivity contribution < 1.29 is 9.13 Å². The van der Waals surface area contributed by atoms with Crippen LogP contribution in [0.5, 0.6) is 5.88 Å². The van der Waals surface area contributed by atoms with Crippen molar-refractivity contribution in [1.29, 1.82) is 0 Å². The number of ether oxygens (including phenoxy) is 1. The molecule has 0 aliphatic heterocycles. The summed E-state index contributed by atoms with van der Waals surface area (Å²) in [6, 6.07) is 0. The number of aromatic nitrogens is 2. The molecule has 1 fully saturated rings. The molecule has 82 valence electrons. The number of nitrogens with zero attached hydrogens (tertiary/aromatic N) is 2. The van der Waals surface area contributed by atoms with Gasteiger partial charge in [0.1, 0.15) is 0 Å². The predicted octanol–water partition coefficient (Wildman–Crippen LogP) is 1.84. The van der Waals surface area contributed by atoms with Crippen LogP contribution in [0.2, 0.25) is 0 Å². The van der Waals surface area contributed by atoms with E-state index < -0.39 is 5.82 Å². The Kier molecular flexibility index (Phi) is 2.99. The summed E-state index contributed by atoms with van der Waals surface area (Å²) >= 11 is 0. The van der Waals surface area contributed by atoms with Crippen LogP contribution in [0.15, 0.2) is 6.20 Å². The van der Waals surface area contributed by atoms with Gasteiger partial charge in [-0.25, -0.2) is 4.98 Å². The molecule has 1 aromatic heterocycles. The third kappa shape index (κ3) is 2.78. The lowest BCUT2D eigenvalue weighted by molar-refractivity contribution is 0.272. The first-order chi connectivity index (χ1) is 7.29. The molecule has 5 heteroatoms. The number of hydrogen-bond acceptors (Lipinski definition) is 4. The fraction of sp³-hybridized carbons (Fsp3) is 0.600. The highest BCUT2D eigenvalue weighted by Crippen LogP contribution is 2.29. The standard InChI is InChI=1S/C10H14FN3O/c1-2-12-10-13-5-8(11)9(14-10)15-6-7-3-4-7/h5,7H,2-4,6H2,1H3,(H,12,13,14). The van der Waals surface area contributed by atoms with Crippen LogP contribution < -0.4 is 10.1 Å². The fourth-order valence-electron chi connectivity index (χ4n) is 1.18. The van der Waals surface area contributed by atoms with Gasteiger partial charge >= 0.3 is 0 Å². The van der Waals surface area contributed by atoms with Crippen molar-refractivity contribution in [1.82, 2.24) is 9.97 Å². The van der Waals surface area contributed by atoms with E-state index in [-0.39, 0.29) is 5.88 Å². The smallest absolute Gasteiger partial charge is 0.255 e. The van der Waals surface area contributed by atoms with Crippen molar-refractivity contribution in [3.63, 3.8) is 0 Å². The Morgan fingerprint density at radius 2 is 2.40 bits per heavy atom. The number of nitrogens with one attached hydrogen (secondary N) is 1. The molecule has 1 saturated carbocycles. The summed E-state index contributed by atoms with van der Waals surface area (Å²) in [6.45, 7) is 3.19. The van der Waals surface area contributed by atoms with E-state index in [0.29, 0.717) is 25.0 Å². The van der Waals surface area contributed by atoms with Gasteiger partial charge in [-0.15, -0.1) is 0 Å². The molecule has 2 rings (SSSR count). The van der Waals surface area contributed by atoms with Crippen molar-refractivity contribution in [3.05, 3.63) is 12.0 Å². The van der Waals surface area contributed by atoms with Crippen LogP contribution in [0.25, 0.3) is 0 Å². The van der Waals surface area contributed by atoms with Gasteiger partial charge in [-0.2, -0.15) is 9.37 Å². The topological polar surface area (TPSA) is 47.0 Å². The molecule has 0 amide bonds. The molecule has 0 unspecified atom stereocenters. The molecular weight excluding hydrogens is 197 g/mol. The fourth-order valence-corrected chi connectivity index (χ4v) is 1.18. The summed E-state index contributed by atoms with van der Waals surface area (Å²) in [5.41, 5.74) is 0. The van der Waals surface area contributed by atoms with E-state index in [1.165, 1.54) is 12.8 Å². The minimum Gasteiger partial charge on any atom is -0.475 e. The van der Waals surface area contributed by atoms with Gasteiger partial charge < -0.3 is 10.1 Å². The Labute approximate surface area is 87.9 Å². The van der Waals surface area contributed by atoms with E-state index in [1.807, 2.05) is 6.92 Å². The zero-order chi connectivity index (χ0) is 10.7. The Hall–Kier alpha value is -1.39. The Morgan fingerprint density at radius 1 is 1.60 bits per heavy atom. The van der Waals surface area contributed by atoms with Gasteiger partial charge in [0.2, 0.25) is 11.8 Å². The first-order valence-electron chi connectivity index (χ1n) is 5.18. The molecule has 0 atom stereocenters. The predicted molar refractivity (Wildman–Crippen MR) is 54.4 cm³/mol. The second kappa shape index (κ2) is 4.42. The van der Waals surface area contributed by atoms with E-state index >= 15 is 0 Å². The van der Waals surface area contributed by atoms with Crippen LogP contribution in [0.1, 0.15) is 19.8 Å². The normalized spacial score (nSPS) is 15.1. The van der Waals surface area contributed by atoms with Crippen molar-refractivity contribution in [2.75, 3.05) is 18.5 Å². The van der Waals surface area contributed by atoms with E-state index in [9.17, 15) is 4.39 Å². The number of hydrogen-bond donors (Lipinski definition) is 1. The minimum absolute atomic E-state index is 0.0489. The van der Waals surface area contributed by atoms with Gasteiger partial charge in [-0.3, -0.25) is 0 Å². The summed E-state index contributed by atoms with van der Waals surface area (Å²) in [4.78, 5) is 7.74. The van der Waals surface area contributed by atoms with Crippen LogP contribution in [0.4, 0.5) is 10.3 Å². The molecule has 0 aromatic carbocycles. The van der Waals surface area contributed by atoms with Gasteiger partial charge in [-0.05, 0) is 25.7 Å². The summed E-state index contributed by atoms with van der Waals surface area (Å²) in [5.74, 6) is 0.539. The van der Waals surface area contributed by atoms with Gasteiger partial charge in [-0.1, -0.05) is 0 Å². The first kappa shape index (κ1) is 10.1. The third-order valence-corrected chi connectivity index (χ3v) is 2.20. The van der Waals surface area contributed by atoms with Gasteiger partial charge in [0.25, 0.3) is 5.88 Å². The summed E-state index contributed by atoms with van der Waals surface area (Å²) < 4.78 is 18.5. The van der Waals surface area contributed by atoms with E-state index in [2.05, 4.69) is 15.3 Å². The van der Waals surface area contributed by atoms with E-state index in [4.69, 9.17) is 4.74 Å². The number of anilines is 1. The summed E-state index contributed by atoms with van der Waals surface area (Å²) in [5, 5.41) is 2.91. The van der Waals surface area contributed by atoms with Crippen LogP contribution in [-0.2, 0) is 0 Å². The molecule has 1 aliphatic carbocycles. The lowest BCUT2D eigenvalue weighted by Gasteiger charge is -2.07. The van der Waals surface area contributed by atoms with Crippen LogP contribution in [0, 0.1) is 11.7 Å². The van der Waals surface area contributed by atoms with Gasteiger partial charge in [0.15, 0.2) is 0 Å². The molecule has 1 heterocycles. The van der Waals surface area contributed by atoms with Crippen molar-refractivity contribution in [2.24, 2.45) is 5.92 Å². The maximum absolute atomic E-state index is 13.2. The Morgan fingerprint density at radius 3 is 3.07 bits per heavy atom. The second-order valence-electron chi connectivity index (χ2n) is 3.63. The molecule has 0 bridgehead atoms. The second-order valence-corrected chi connectivity index (χ2v) is 3.63. The quantitative estimate of drug-likeness (QED) is 0.807. The van der Waals surface area contributed by atoms with Gasteiger partial charge in [0.05, 0.1) is 12.8 Å². The average Bonchev–Trinajstić information content (AvgIpc) is 3.03. The molecule has 15 heavy (non-hydrogen) atoms. The summed E-state index contributed by atoms with van der Waals surface area (Å²) in [6.07, 6.45) is 3.48. The molecule has 0 radical (unpaired) electrons. The number of rotatable bonds is 5. The molecule has 1 N–H and O–H groups in total. The van der Waals surface area contributed by atoms with Crippen molar-refractivity contribution in [3.8, 4) is 5.88 Å².